The molecule has 0 aliphatic carbocycles. The summed E-state index contributed by atoms with van der Waals surface area (Å²) < 4.78 is 0. The van der Waals surface area contributed by atoms with E-state index in [0.29, 0.717) is 0 Å². The van der Waals surface area contributed by atoms with Gasteiger partial charge in [-0.25, -0.2) is 4.79 Å². The van der Waals surface area contributed by atoms with Gasteiger partial charge in [0.05, 0.1) is 71.6 Å². The van der Waals surface area contributed by atoms with Gasteiger partial charge in [0.2, 0.25) is 59.1 Å². The number of amides is 10. The van der Waals surface area contributed by atoms with Crippen molar-refractivity contribution < 1.29 is 68.1 Å². The maximum atomic E-state index is 12.4. The van der Waals surface area contributed by atoms with Crippen molar-refractivity contribution in [1.82, 2.24) is 53.2 Å². The van der Waals surface area contributed by atoms with Crippen LogP contribution in [0.5, 0.6) is 0 Å². The summed E-state index contributed by atoms with van der Waals surface area (Å²) in [6, 6.07) is -3.13. The Labute approximate surface area is 282 Å². The lowest BCUT2D eigenvalue weighted by Crippen LogP contribution is -2.55. The monoisotopic (exact) mass is 719 g/mol. The van der Waals surface area contributed by atoms with Crippen molar-refractivity contribution in [2.75, 3.05) is 65.5 Å². The molecule has 0 aromatic rings. The summed E-state index contributed by atoms with van der Waals surface area (Å²) in [7, 11) is 0. The van der Waals surface area contributed by atoms with Crippen LogP contribution in [0.3, 0.4) is 0 Å². The molecule has 0 bridgehead atoms. The van der Waals surface area contributed by atoms with Crippen LogP contribution in [0.25, 0.3) is 0 Å². The van der Waals surface area contributed by atoms with Crippen LogP contribution >= 0.6 is 0 Å². The van der Waals surface area contributed by atoms with Crippen LogP contribution in [0.1, 0.15) is 6.92 Å². The van der Waals surface area contributed by atoms with E-state index in [1.54, 1.807) is 0 Å². The quantitative estimate of drug-likeness (QED) is 0.0466. The molecule has 0 radical (unpaired) electrons. The third kappa shape index (κ3) is 21.0. The number of nitrogens with two attached hydrogens (primary N) is 1. The first kappa shape index (κ1) is 44.0. The van der Waals surface area contributed by atoms with Crippen LogP contribution in [0.4, 0.5) is 0 Å². The van der Waals surface area contributed by atoms with Gasteiger partial charge < -0.3 is 74.2 Å². The molecule has 0 heterocycles. The Bertz CT molecular complexity index is 1280. The molecular weight excluding hydrogens is 678 g/mol. The first-order valence-corrected chi connectivity index (χ1v) is 14.4. The van der Waals surface area contributed by atoms with Crippen LogP contribution in [-0.4, -0.2) is 164 Å². The van der Waals surface area contributed by atoms with E-state index in [9.17, 15) is 57.8 Å². The van der Waals surface area contributed by atoms with Crippen LogP contribution in [0.2, 0.25) is 0 Å². The Morgan fingerprint density at radius 3 is 1.10 bits per heavy atom. The second-order valence-corrected chi connectivity index (χ2v) is 9.79. The van der Waals surface area contributed by atoms with Crippen molar-refractivity contribution in [2.24, 2.45) is 5.73 Å². The zero-order valence-corrected chi connectivity index (χ0v) is 26.7. The molecule has 280 valence electrons. The van der Waals surface area contributed by atoms with Crippen molar-refractivity contribution >= 4 is 65.0 Å². The highest BCUT2D eigenvalue weighted by Crippen LogP contribution is 1.93. The van der Waals surface area contributed by atoms with Crippen LogP contribution < -0.4 is 58.9 Å². The molecule has 25 nitrogen and oxygen atoms in total. The van der Waals surface area contributed by atoms with Gasteiger partial charge in [0, 0.05) is 0 Å². The summed E-state index contributed by atoms with van der Waals surface area (Å²) in [4.78, 5) is 129. The molecule has 3 atom stereocenters. The van der Waals surface area contributed by atoms with E-state index in [0.717, 1.165) is 6.92 Å². The minimum atomic E-state index is -1.56. The smallest absolute Gasteiger partial charge is 0.328 e. The Morgan fingerprint density at radius 1 is 0.500 bits per heavy atom. The molecule has 25 heteroatoms. The average Bonchev–Trinajstić information content (AvgIpc) is 3.07. The maximum Gasteiger partial charge on any atom is 0.328 e. The van der Waals surface area contributed by atoms with Crippen molar-refractivity contribution in [3.05, 3.63) is 0 Å². The molecule has 0 saturated carbocycles. The number of aliphatic carboxylic acids is 1. The van der Waals surface area contributed by atoms with Crippen LogP contribution in [0, 0.1) is 0 Å². The number of hydrogen-bond acceptors (Lipinski definition) is 14. The third-order valence-electron chi connectivity index (χ3n) is 5.63. The fraction of sp³-hybridized carbons (Fsp3) is 0.560. The second-order valence-electron chi connectivity index (χ2n) is 9.79. The number of carbonyl (C=O) groups excluding carboxylic acids is 10. The Balaban J connectivity index is 4.36. The van der Waals surface area contributed by atoms with Crippen LogP contribution in [-0.2, 0) is 52.7 Å². The SMILES string of the molecule is C[C@@H](O)[C@H](NC(=O)CNC(=O)CNC(=O)CNC(=O)CN)C(=O)NCC(=O)NCC(=O)NCC(=O)NCC(=O)NCC(=O)N[C@@H](CO)C(=O)O. The molecule has 0 aliphatic rings. The maximum absolute atomic E-state index is 12.4. The number of carboxylic acids is 1. The number of rotatable bonds is 23. The molecular formula is C25H41N11O14. The van der Waals surface area contributed by atoms with E-state index < -0.39 is 142 Å². The highest BCUT2D eigenvalue weighted by Gasteiger charge is 2.26. The molecule has 0 aromatic carbocycles. The third-order valence-corrected chi connectivity index (χ3v) is 5.63. The van der Waals surface area contributed by atoms with Gasteiger partial charge in [-0.1, -0.05) is 0 Å². The first-order chi connectivity index (χ1) is 23.5. The Kier molecular flexibility index (Phi) is 21.3. The lowest BCUT2D eigenvalue weighted by molar-refractivity contribution is -0.142. The fourth-order valence-corrected chi connectivity index (χ4v) is 3.04. The molecule has 0 fully saturated rings. The zero-order chi connectivity index (χ0) is 38.2. The van der Waals surface area contributed by atoms with Gasteiger partial charge in [-0.3, -0.25) is 47.9 Å². The molecule has 50 heavy (non-hydrogen) atoms. The minimum Gasteiger partial charge on any atom is -0.480 e. The zero-order valence-electron chi connectivity index (χ0n) is 26.7. The number of aliphatic hydroxyl groups excluding tert-OH is 2. The normalized spacial score (nSPS) is 11.9. The van der Waals surface area contributed by atoms with Gasteiger partial charge in [-0.05, 0) is 6.92 Å². The van der Waals surface area contributed by atoms with Gasteiger partial charge in [0.1, 0.15) is 12.1 Å². The number of aliphatic hydroxyl groups is 2. The average molecular weight is 720 g/mol. The molecule has 15 N–H and O–H groups in total. The standard InChI is InChI=1S/C25H41N11O14/c1-12(38)23(36-22(47)10-33-19(44)7-28-15(40)3-27-14(39)2-26)24(48)34-8-20(45)31-5-17(42)29-4-16(41)30-6-18(43)32-9-21(46)35-13(11-37)25(49)50/h12-13,23,37-38H,2-11,26H2,1H3,(H,27,39)(H,28,40)(H,29,42)(H,30,41)(H,31,45)(H,32,43)(H,33,44)(H,34,48)(H,35,46)(H,36,47)(H,49,50)/t12-,13+,23+/m1/s1. The summed E-state index contributed by atoms with van der Waals surface area (Å²) in [5, 5.41) is 48.7. The molecule has 0 aliphatic heterocycles. The largest absolute Gasteiger partial charge is 0.480 e. The van der Waals surface area contributed by atoms with Gasteiger partial charge in [0.25, 0.3) is 0 Å². The molecule has 0 saturated heterocycles. The van der Waals surface area contributed by atoms with E-state index >= 15 is 0 Å². The van der Waals surface area contributed by atoms with E-state index in [-0.39, 0.29) is 6.54 Å². The van der Waals surface area contributed by atoms with Crippen LogP contribution in [0.15, 0.2) is 0 Å². The Morgan fingerprint density at radius 2 is 0.800 bits per heavy atom. The lowest BCUT2D eigenvalue weighted by atomic mass is 10.1. The molecule has 0 unspecified atom stereocenters. The van der Waals surface area contributed by atoms with Crippen molar-refractivity contribution in [2.45, 2.75) is 25.1 Å². The molecule has 0 rings (SSSR count). The highest BCUT2D eigenvalue weighted by molar-refractivity contribution is 5.95. The van der Waals surface area contributed by atoms with Gasteiger partial charge in [0.15, 0.2) is 0 Å². The summed E-state index contributed by atoms with van der Waals surface area (Å²) in [5.74, 6) is -9.77. The van der Waals surface area contributed by atoms with Crippen molar-refractivity contribution in [3.8, 4) is 0 Å². The first-order valence-electron chi connectivity index (χ1n) is 14.4. The van der Waals surface area contributed by atoms with E-state index in [1.807, 2.05) is 5.32 Å². The fourth-order valence-electron chi connectivity index (χ4n) is 3.04. The number of nitrogens with one attached hydrogen (secondary N) is 10. The summed E-state index contributed by atoms with van der Waals surface area (Å²) in [6.07, 6.45) is -1.45. The minimum absolute atomic E-state index is 0.333. The van der Waals surface area contributed by atoms with Crippen molar-refractivity contribution in [1.29, 1.82) is 0 Å². The molecule has 0 aromatic heterocycles. The summed E-state index contributed by atoms with van der Waals surface area (Å²) >= 11 is 0. The van der Waals surface area contributed by atoms with Gasteiger partial charge >= 0.3 is 5.97 Å². The van der Waals surface area contributed by atoms with Gasteiger partial charge in [-0.15, -0.1) is 0 Å². The molecule has 0 spiro atoms. The predicted molar refractivity (Wildman–Crippen MR) is 163 cm³/mol. The van der Waals surface area contributed by atoms with Crippen molar-refractivity contribution in [3.63, 3.8) is 0 Å². The second kappa shape index (κ2) is 24.2. The lowest BCUT2D eigenvalue weighted by Gasteiger charge is -2.21. The van der Waals surface area contributed by atoms with E-state index in [1.165, 1.54) is 0 Å². The Hall–Kier alpha value is -5.95. The topological polar surface area (TPSA) is 395 Å². The molecule has 10 amide bonds. The number of carboxylic acid groups (broad SMARTS) is 1. The van der Waals surface area contributed by atoms with E-state index in [4.69, 9.17) is 15.9 Å². The van der Waals surface area contributed by atoms with Gasteiger partial charge in [-0.2, -0.15) is 0 Å². The predicted octanol–water partition coefficient (Wildman–Crippen LogP) is -10.7. The van der Waals surface area contributed by atoms with E-state index in [2.05, 4.69) is 47.9 Å². The summed E-state index contributed by atoms with van der Waals surface area (Å²) in [5.41, 5.74) is 5.07. The number of carbonyl (C=O) groups is 11. The summed E-state index contributed by atoms with van der Waals surface area (Å²) in [6.45, 7) is -4.87. The number of hydrogen-bond donors (Lipinski definition) is 14. The highest BCUT2D eigenvalue weighted by atomic mass is 16.4.